The van der Waals surface area contributed by atoms with Crippen LogP contribution in [0.25, 0.3) is 0 Å². The van der Waals surface area contributed by atoms with Crippen molar-refractivity contribution in [3.8, 4) is 6.07 Å². The van der Waals surface area contributed by atoms with Gasteiger partial charge in [-0.25, -0.2) is 0 Å². The third-order valence-electron chi connectivity index (χ3n) is 4.10. The van der Waals surface area contributed by atoms with E-state index < -0.39 is 5.25 Å². The molecule has 0 saturated carbocycles. The number of nitrogen functional groups attached to an aromatic ring is 1. The monoisotopic (exact) mass is 358 g/mol. The van der Waals surface area contributed by atoms with Gasteiger partial charge in [-0.3, -0.25) is 4.79 Å². The largest absolute Gasteiger partial charge is 0.398 e. The van der Waals surface area contributed by atoms with Gasteiger partial charge in [0.15, 0.2) is 5.78 Å². The predicted molar refractivity (Wildman–Crippen MR) is 106 cm³/mol. The zero-order valence-corrected chi connectivity index (χ0v) is 15.2. The molecular formula is C22H18N2OS. The number of anilines is 1. The lowest BCUT2D eigenvalue weighted by molar-refractivity contribution is 0.103. The summed E-state index contributed by atoms with van der Waals surface area (Å²) in [5.74, 6) is -0.137. The number of hydrogen-bond acceptors (Lipinski definition) is 4. The molecule has 2 N–H and O–H groups in total. The van der Waals surface area contributed by atoms with Crippen LogP contribution in [0.4, 0.5) is 5.69 Å². The van der Waals surface area contributed by atoms with Crippen LogP contribution in [-0.4, -0.2) is 5.78 Å². The Labute approximate surface area is 157 Å². The average molecular weight is 358 g/mol. The Hall–Kier alpha value is -3.03. The van der Waals surface area contributed by atoms with Gasteiger partial charge in [0.2, 0.25) is 0 Å². The highest BCUT2D eigenvalue weighted by Gasteiger charge is 2.20. The van der Waals surface area contributed by atoms with Crippen molar-refractivity contribution < 1.29 is 4.79 Å². The van der Waals surface area contributed by atoms with Crippen LogP contribution in [0.15, 0.2) is 77.7 Å². The molecule has 128 valence electrons. The lowest BCUT2D eigenvalue weighted by Gasteiger charge is -2.15. The molecule has 0 bridgehead atoms. The molecule has 0 aliphatic heterocycles. The van der Waals surface area contributed by atoms with Crippen molar-refractivity contribution in [3.63, 3.8) is 0 Å². The summed E-state index contributed by atoms with van der Waals surface area (Å²) in [7, 11) is 0. The number of hydrogen-bond donors (Lipinski definition) is 1. The van der Waals surface area contributed by atoms with Crippen LogP contribution in [0.3, 0.4) is 0 Å². The number of thioether (sulfide) groups is 1. The maximum absolute atomic E-state index is 12.8. The normalized spacial score (nSPS) is 11.5. The first-order chi connectivity index (χ1) is 12.6. The second-order valence-electron chi connectivity index (χ2n) is 5.94. The molecule has 0 fully saturated rings. The average Bonchev–Trinajstić information content (AvgIpc) is 2.68. The quantitative estimate of drug-likeness (QED) is 0.388. The van der Waals surface area contributed by atoms with Gasteiger partial charge in [0.1, 0.15) is 5.25 Å². The lowest BCUT2D eigenvalue weighted by Crippen LogP contribution is -2.08. The molecule has 3 aromatic rings. The molecule has 1 unspecified atom stereocenters. The van der Waals surface area contributed by atoms with Gasteiger partial charge in [0.05, 0.1) is 6.07 Å². The van der Waals surface area contributed by atoms with Gasteiger partial charge >= 0.3 is 0 Å². The summed E-state index contributed by atoms with van der Waals surface area (Å²) in [4.78, 5) is 13.7. The molecule has 0 heterocycles. The fraction of sp³-hybridized carbons (Fsp3) is 0.0909. The Kier molecular flexibility index (Phi) is 5.40. The summed E-state index contributed by atoms with van der Waals surface area (Å²) in [6, 6.07) is 24.6. The number of rotatable bonds is 5. The van der Waals surface area contributed by atoms with E-state index >= 15 is 0 Å². The van der Waals surface area contributed by atoms with Crippen LogP contribution in [-0.2, 0) is 0 Å². The number of nitriles is 1. The fourth-order valence-corrected chi connectivity index (χ4v) is 3.62. The van der Waals surface area contributed by atoms with Crippen molar-refractivity contribution in [1.29, 1.82) is 5.26 Å². The summed E-state index contributed by atoms with van der Waals surface area (Å²) in [6.45, 7) is 2.02. The number of nitrogens with two attached hydrogens (primary N) is 1. The maximum atomic E-state index is 12.8. The first-order valence-corrected chi connectivity index (χ1v) is 9.09. The molecule has 0 radical (unpaired) electrons. The van der Waals surface area contributed by atoms with Crippen LogP contribution in [0.5, 0.6) is 0 Å². The minimum Gasteiger partial charge on any atom is -0.398 e. The molecule has 3 nitrogen and oxygen atoms in total. The Morgan fingerprint density at radius 1 is 1.00 bits per heavy atom. The number of nitrogens with zero attached hydrogens (tertiary/aromatic N) is 1. The molecule has 0 spiro atoms. The number of ketones is 1. The molecule has 0 aliphatic rings. The molecule has 0 aromatic heterocycles. The third kappa shape index (κ3) is 3.79. The van der Waals surface area contributed by atoms with Gasteiger partial charge < -0.3 is 5.73 Å². The topological polar surface area (TPSA) is 66.9 Å². The Morgan fingerprint density at radius 2 is 1.69 bits per heavy atom. The Balaban J connectivity index is 1.93. The number of carbonyl (C=O) groups excluding carboxylic acids is 1. The van der Waals surface area contributed by atoms with E-state index in [-0.39, 0.29) is 5.78 Å². The van der Waals surface area contributed by atoms with Gasteiger partial charge in [-0.15, -0.1) is 11.8 Å². The third-order valence-corrected chi connectivity index (χ3v) is 5.23. The minimum absolute atomic E-state index is 0.137. The molecule has 26 heavy (non-hydrogen) atoms. The van der Waals surface area contributed by atoms with Crippen LogP contribution in [0.2, 0.25) is 0 Å². The zero-order valence-electron chi connectivity index (χ0n) is 14.3. The van der Waals surface area contributed by atoms with E-state index in [0.717, 1.165) is 10.5 Å². The highest BCUT2D eigenvalue weighted by atomic mass is 32.2. The van der Waals surface area contributed by atoms with Crippen molar-refractivity contribution in [2.24, 2.45) is 0 Å². The van der Waals surface area contributed by atoms with Crippen molar-refractivity contribution in [1.82, 2.24) is 0 Å². The van der Waals surface area contributed by atoms with Crippen molar-refractivity contribution in [2.45, 2.75) is 17.1 Å². The zero-order chi connectivity index (χ0) is 18.5. The van der Waals surface area contributed by atoms with E-state index in [1.807, 2.05) is 55.5 Å². The molecule has 0 saturated heterocycles. The molecule has 3 rings (SSSR count). The smallest absolute Gasteiger partial charge is 0.195 e. The van der Waals surface area contributed by atoms with Gasteiger partial charge in [0.25, 0.3) is 0 Å². The first kappa shape index (κ1) is 17.8. The van der Waals surface area contributed by atoms with Gasteiger partial charge in [0, 0.05) is 27.3 Å². The summed E-state index contributed by atoms with van der Waals surface area (Å²) in [6.07, 6.45) is 0. The van der Waals surface area contributed by atoms with E-state index in [9.17, 15) is 10.1 Å². The maximum Gasteiger partial charge on any atom is 0.195 e. The molecular weight excluding hydrogens is 340 g/mol. The van der Waals surface area contributed by atoms with Gasteiger partial charge in [-0.05, 0) is 25.1 Å². The summed E-state index contributed by atoms with van der Waals surface area (Å²) < 4.78 is 0. The summed E-state index contributed by atoms with van der Waals surface area (Å²) in [5, 5.41) is 9.17. The lowest BCUT2D eigenvalue weighted by atomic mass is 9.98. The van der Waals surface area contributed by atoms with Crippen molar-refractivity contribution in [2.75, 3.05) is 5.73 Å². The molecule has 3 aromatic carbocycles. The van der Waals surface area contributed by atoms with E-state index in [4.69, 9.17) is 5.73 Å². The standard InChI is InChI=1S/C22H18N2OS/c1-15-10-12-17(13-11-15)26-20(14-23)18-8-5-9-19(21(18)24)22(25)16-6-3-2-4-7-16/h2-13,20H,24H2,1H3. The van der Waals surface area contributed by atoms with Crippen LogP contribution < -0.4 is 5.73 Å². The first-order valence-electron chi connectivity index (χ1n) is 8.21. The van der Waals surface area contributed by atoms with E-state index in [0.29, 0.717) is 22.4 Å². The number of para-hydroxylation sites is 1. The number of carbonyl (C=O) groups is 1. The van der Waals surface area contributed by atoms with E-state index in [1.165, 1.54) is 11.8 Å². The molecule has 0 amide bonds. The molecule has 1 atom stereocenters. The van der Waals surface area contributed by atoms with E-state index in [1.54, 1.807) is 24.3 Å². The minimum atomic E-state index is -0.485. The molecule has 0 aliphatic carbocycles. The van der Waals surface area contributed by atoms with Crippen molar-refractivity contribution >= 4 is 23.2 Å². The SMILES string of the molecule is Cc1ccc(SC(C#N)c2cccc(C(=O)c3ccccc3)c2N)cc1. The fourth-order valence-electron chi connectivity index (χ4n) is 2.67. The highest BCUT2D eigenvalue weighted by molar-refractivity contribution is 7.99. The van der Waals surface area contributed by atoms with Crippen LogP contribution >= 0.6 is 11.8 Å². The number of benzene rings is 3. The molecule has 4 heteroatoms. The second kappa shape index (κ2) is 7.90. The van der Waals surface area contributed by atoms with E-state index in [2.05, 4.69) is 6.07 Å². The van der Waals surface area contributed by atoms with Gasteiger partial charge in [-0.1, -0.05) is 60.2 Å². The van der Waals surface area contributed by atoms with Crippen LogP contribution in [0.1, 0.15) is 32.3 Å². The van der Waals surface area contributed by atoms with Gasteiger partial charge in [-0.2, -0.15) is 5.26 Å². The summed E-state index contributed by atoms with van der Waals surface area (Å²) >= 11 is 1.43. The Bertz CT molecular complexity index is 960. The van der Waals surface area contributed by atoms with Crippen molar-refractivity contribution in [3.05, 3.63) is 95.1 Å². The predicted octanol–water partition coefficient (Wildman–Crippen LogP) is 5.17. The summed E-state index contributed by atoms with van der Waals surface area (Å²) in [5.41, 5.74) is 9.50. The highest BCUT2D eigenvalue weighted by Crippen LogP contribution is 2.38. The number of aryl methyl sites for hydroxylation is 1. The Morgan fingerprint density at radius 3 is 2.35 bits per heavy atom. The van der Waals surface area contributed by atoms with Crippen LogP contribution in [0, 0.1) is 18.3 Å². The second-order valence-corrected chi connectivity index (χ2v) is 7.12.